The number of aromatic hydroxyl groups is 1. The molecule has 2 aromatic rings. The number of para-hydroxylation sites is 1. The van der Waals surface area contributed by atoms with Gasteiger partial charge in [0.1, 0.15) is 11.6 Å². The summed E-state index contributed by atoms with van der Waals surface area (Å²) in [5.74, 6) is 0.978. The van der Waals surface area contributed by atoms with Crippen LogP contribution in [-0.4, -0.2) is 48.1 Å². The molecule has 1 saturated heterocycles. The summed E-state index contributed by atoms with van der Waals surface area (Å²) in [6.45, 7) is 4.93. The minimum Gasteiger partial charge on any atom is -0.508 e. The Morgan fingerprint density at radius 1 is 1.04 bits per heavy atom. The average molecular weight is 356 g/mol. The van der Waals surface area contributed by atoms with E-state index in [4.69, 9.17) is 0 Å². The van der Waals surface area contributed by atoms with Gasteiger partial charge in [-0.05, 0) is 63.0 Å². The maximum absolute atomic E-state index is 13.7. The lowest BCUT2D eigenvalue weighted by atomic mass is 9.95. The van der Waals surface area contributed by atoms with Gasteiger partial charge in [-0.15, -0.1) is 0 Å². The van der Waals surface area contributed by atoms with E-state index in [0.29, 0.717) is 11.7 Å². The number of benzene rings is 2. The second kappa shape index (κ2) is 9.15. The van der Waals surface area contributed by atoms with Crippen molar-refractivity contribution in [3.8, 4) is 5.75 Å². The minimum atomic E-state index is -0.0897. The van der Waals surface area contributed by atoms with E-state index in [9.17, 15) is 9.50 Å². The monoisotopic (exact) mass is 356 g/mol. The number of rotatable bonds is 7. The standard InChI is InChI=1S/C22H29FN2O/c1-24(17-20-7-3-5-9-22(20)26)16-18-10-13-25(14-11-18)15-12-19-6-2-4-8-21(19)23/h2-9,18,26H,10-17H2,1H3. The fraction of sp³-hybridized carbons (Fsp3) is 0.455. The average Bonchev–Trinajstić information content (AvgIpc) is 2.64. The molecule has 1 aliphatic rings. The molecule has 140 valence electrons. The van der Waals surface area contributed by atoms with E-state index in [-0.39, 0.29) is 5.82 Å². The van der Waals surface area contributed by atoms with Gasteiger partial charge in [0.2, 0.25) is 0 Å². The van der Waals surface area contributed by atoms with Gasteiger partial charge in [-0.1, -0.05) is 36.4 Å². The van der Waals surface area contributed by atoms with Gasteiger partial charge in [-0.3, -0.25) is 0 Å². The second-order valence-electron chi connectivity index (χ2n) is 7.45. The van der Waals surface area contributed by atoms with Crippen LogP contribution < -0.4 is 0 Å². The zero-order valence-electron chi connectivity index (χ0n) is 15.6. The molecule has 0 aliphatic carbocycles. The number of phenolic OH excluding ortho intramolecular Hbond substituents is 1. The molecule has 0 spiro atoms. The Labute approximate surface area is 156 Å². The van der Waals surface area contributed by atoms with Crippen molar-refractivity contribution in [1.82, 2.24) is 9.80 Å². The van der Waals surface area contributed by atoms with Gasteiger partial charge in [0.05, 0.1) is 0 Å². The third kappa shape index (κ3) is 5.29. The highest BCUT2D eigenvalue weighted by Crippen LogP contribution is 2.21. The van der Waals surface area contributed by atoms with Gasteiger partial charge >= 0.3 is 0 Å². The van der Waals surface area contributed by atoms with Crippen molar-refractivity contribution in [2.45, 2.75) is 25.8 Å². The smallest absolute Gasteiger partial charge is 0.126 e. The van der Waals surface area contributed by atoms with Crippen LogP contribution in [0.25, 0.3) is 0 Å². The molecule has 1 aliphatic heterocycles. The molecule has 3 rings (SSSR count). The van der Waals surface area contributed by atoms with Crippen molar-refractivity contribution in [3.63, 3.8) is 0 Å². The van der Waals surface area contributed by atoms with Crippen LogP contribution in [0.4, 0.5) is 4.39 Å². The summed E-state index contributed by atoms with van der Waals surface area (Å²) in [5.41, 5.74) is 1.80. The van der Waals surface area contributed by atoms with Crippen LogP contribution in [0.5, 0.6) is 5.75 Å². The molecule has 0 saturated carbocycles. The van der Waals surface area contributed by atoms with Crippen LogP contribution >= 0.6 is 0 Å². The van der Waals surface area contributed by atoms with Crippen molar-refractivity contribution in [2.24, 2.45) is 5.92 Å². The first-order chi connectivity index (χ1) is 12.6. The molecule has 4 heteroatoms. The Kier molecular flexibility index (Phi) is 6.64. The predicted molar refractivity (Wildman–Crippen MR) is 104 cm³/mol. The van der Waals surface area contributed by atoms with Crippen LogP contribution in [-0.2, 0) is 13.0 Å². The second-order valence-corrected chi connectivity index (χ2v) is 7.45. The molecule has 0 bridgehead atoms. The van der Waals surface area contributed by atoms with Gasteiger partial charge in [-0.2, -0.15) is 0 Å². The predicted octanol–water partition coefficient (Wildman–Crippen LogP) is 3.92. The van der Waals surface area contributed by atoms with E-state index in [1.54, 1.807) is 18.2 Å². The van der Waals surface area contributed by atoms with Crippen molar-refractivity contribution >= 4 is 0 Å². The number of likely N-dealkylation sites (tertiary alicyclic amines) is 1. The van der Waals surface area contributed by atoms with Crippen LogP contribution in [0.3, 0.4) is 0 Å². The summed E-state index contributed by atoms with van der Waals surface area (Å²) in [6, 6.07) is 14.6. The maximum atomic E-state index is 13.7. The first-order valence-corrected chi connectivity index (χ1v) is 9.53. The zero-order valence-corrected chi connectivity index (χ0v) is 15.6. The Morgan fingerprint density at radius 2 is 1.69 bits per heavy atom. The molecule has 2 aromatic carbocycles. The molecule has 1 heterocycles. The molecule has 0 radical (unpaired) electrons. The largest absolute Gasteiger partial charge is 0.508 e. The summed E-state index contributed by atoms with van der Waals surface area (Å²) in [5, 5.41) is 9.91. The molecule has 0 aromatic heterocycles. The van der Waals surface area contributed by atoms with Crippen molar-refractivity contribution < 1.29 is 9.50 Å². The van der Waals surface area contributed by atoms with Crippen molar-refractivity contribution in [2.75, 3.05) is 33.2 Å². The van der Waals surface area contributed by atoms with Gasteiger partial charge < -0.3 is 14.9 Å². The Bertz CT molecular complexity index is 698. The highest BCUT2D eigenvalue weighted by molar-refractivity contribution is 5.31. The van der Waals surface area contributed by atoms with E-state index in [2.05, 4.69) is 16.8 Å². The first kappa shape index (κ1) is 18.9. The van der Waals surface area contributed by atoms with E-state index < -0.39 is 0 Å². The van der Waals surface area contributed by atoms with Crippen LogP contribution in [0, 0.1) is 11.7 Å². The van der Waals surface area contributed by atoms with Gasteiger partial charge in [0, 0.05) is 25.2 Å². The van der Waals surface area contributed by atoms with Crippen LogP contribution in [0.15, 0.2) is 48.5 Å². The summed E-state index contributed by atoms with van der Waals surface area (Å²) in [4.78, 5) is 4.75. The first-order valence-electron chi connectivity index (χ1n) is 9.53. The van der Waals surface area contributed by atoms with Gasteiger partial charge in [0.15, 0.2) is 0 Å². The number of hydrogen-bond acceptors (Lipinski definition) is 3. The molecular formula is C22H29FN2O. The quantitative estimate of drug-likeness (QED) is 0.815. The normalized spacial score (nSPS) is 16.3. The molecule has 3 nitrogen and oxygen atoms in total. The molecule has 0 amide bonds. The number of halogens is 1. The Morgan fingerprint density at radius 3 is 2.38 bits per heavy atom. The fourth-order valence-electron chi connectivity index (χ4n) is 3.81. The van der Waals surface area contributed by atoms with Crippen LogP contribution in [0.1, 0.15) is 24.0 Å². The minimum absolute atomic E-state index is 0.0897. The van der Waals surface area contributed by atoms with Crippen molar-refractivity contribution in [3.05, 3.63) is 65.5 Å². The lowest BCUT2D eigenvalue weighted by molar-refractivity contribution is 0.152. The molecule has 1 N–H and O–H groups in total. The summed E-state index contributed by atoms with van der Waals surface area (Å²) >= 11 is 0. The third-order valence-electron chi connectivity index (χ3n) is 5.36. The summed E-state index contributed by atoms with van der Waals surface area (Å²) < 4.78 is 13.7. The molecular weight excluding hydrogens is 327 g/mol. The topological polar surface area (TPSA) is 26.7 Å². The lowest BCUT2D eigenvalue weighted by Crippen LogP contribution is -2.38. The molecule has 1 fully saturated rings. The number of nitrogens with zero attached hydrogens (tertiary/aromatic N) is 2. The highest BCUT2D eigenvalue weighted by Gasteiger charge is 2.20. The molecule has 26 heavy (non-hydrogen) atoms. The van der Waals surface area contributed by atoms with E-state index >= 15 is 0 Å². The van der Waals surface area contributed by atoms with Crippen LogP contribution in [0.2, 0.25) is 0 Å². The fourth-order valence-corrected chi connectivity index (χ4v) is 3.81. The summed E-state index contributed by atoms with van der Waals surface area (Å²) in [7, 11) is 2.12. The number of hydrogen-bond donors (Lipinski definition) is 1. The Balaban J connectivity index is 1.39. The molecule has 0 atom stereocenters. The summed E-state index contributed by atoms with van der Waals surface area (Å²) in [6.07, 6.45) is 3.15. The van der Waals surface area contributed by atoms with E-state index in [1.807, 2.05) is 30.3 Å². The van der Waals surface area contributed by atoms with Crippen molar-refractivity contribution in [1.29, 1.82) is 0 Å². The van der Waals surface area contributed by atoms with Gasteiger partial charge in [-0.25, -0.2) is 4.39 Å². The van der Waals surface area contributed by atoms with E-state index in [0.717, 1.165) is 50.3 Å². The number of phenols is 1. The molecule has 0 unspecified atom stereocenters. The third-order valence-corrected chi connectivity index (χ3v) is 5.36. The SMILES string of the molecule is CN(Cc1ccccc1O)CC1CCN(CCc2ccccc2F)CC1. The van der Waals surface area contributed by atoms with Gasteiger partial charge in [0.25, 0.3) is 0 Å². The highest BCUT2D eigenvalue weighted by atomic mass is 19.1. The van der Waals surface area contributed by atoms with E-state index in [1.165, 1.54) is 12.8 Å². The maximum Gasteiger partial charge on any atom is 0.126 e. The lowest BCUT2D eigenvalue weighted by Gasteiger charge is -2.34. The number of piperidine rings is 1. The zero-order chi connectivity index (χ0) is 18.4. The Hall–Kier alpha value is -1.91.